The molecule has 1 aliphatic heterocycles. The number of ether oxygens (including phenoxy) is 1. The van der Waals surface area contributed by atoms with E-state index in [2.05, 4.69) is 37.5 Å². The molecule has 4 heteroatoms. The Morgan fingerprint density at radius 1 is 1.33 bits per heavy atom. The molecule has 0 aromatic heterocycles. The Morgan fingerprint density at radius 2 is 2.06 bits per heavy atom. The molecule has 1 heterocycles. The van der Waals surface area contributed by atoms with E-state index in [9.17, 15) is 4.79 Å². The van der Waals surface area contributed by atoms with Crippen LogP contribution in [0.25, 0.3) is 0 Å². The van der Waals surface area contributed by atoms with E-state index in [0.29, 0.717) is 6.54 Å². The smallest absolute Gasteiger partial charge is 0.315 e. The van der Waals surface area contributed by atoms with Crippen molar-refractivity contribution in [1.82, 2.24) is 10.6 Å². The minimum absolute atomic E-state index is 0.0113. The fraction of sp³-hybridized carbons (Fsp3) is 0.500. The van der Waals surface area contributed by atoms with E-state index in [4.69, 9.17) is 4.74 Å². The SMILES string of the molecule is COc1ccc(C2CNC(=O)N2)cc1C(C)(C)C. The summed E-state index contributed by atoms with van der Waals surface area (Å²) in [6, 6.07) is 6.04. The van der Waals surface area contributed by atoms with Crippen LogP contribution in [0.2, 0.25) is 0 Å². The summed E-state index contributed by atoms with van der Waals surface area (Å²) in [4.78, 5) is 11.2. The summed E-state index contributed by atoms with van der Waals surface area (Å²) >= 11 is 0. The van der Waals surface area contributed by atoms with Crippen molar-refractivity contribution < 1.29 is 9.53 Å². The Balaban J connectivity index is 2.37. The van der Waals surface area contributed by atoms with Gasteiger partial charge in [0.05, 0.1) is 13.2 Å². The van der Waals surface area contributed by atoms with Crippen molar-refractivity contribution in [2.75, 3.05) is 13.7 Å². The van der Waals surface area contributed by atoms with Crippen LogP contribution >= 0.6 is 0 Å². The average Bonchev–Trinajstić information content (AvgIpc) is 2.74. The van der Waals surface area contributed by atoms with E-state index in [1.54, 1.807) is 7.11 Å². The van der Waals surface area contributed by atoms with Crippen LogP contribution in [-0.2, 0) is 5.41 Å². The molecule has 0 bridgehead atoms. The highest BCUT2D eigenvalue weighted by atomic mass is 16.5. The third kappa shape index (κ3) is 2.42. The van der Waals surface area contributed by atoms with Gasteiger partial charge in [-0.15, -0.1) is 0 Å². The third-order valence-electron chi connectivity index (χ3n) is 3.21. The predicted octanol–water partition coefficient (Wildman–Crippen LogP) is 2.35. The first-order valence-corrected chi connectivity index (χ1v) is 6.14. The number of amides is 2. The maximum absolute atomic E-state index is 11.2. The van der Waals surface area contributed by atoms with Crippen molar-refractivity contribution in [3.05, 3.63) is 29.3 Å². The zero-order valence-electron chi connectivity index (χ0n) is 11.3. The molecule has 2 N–H and O–H groups in total. The molecule has 1 aliphatic rings. The van der Waals surface area contributed by atoms with Crippen LogP contribution in [0, 0.1) is 0 Å². The van der Waals surface area contributed by atoms with Crippen LogP contribution in [0.15, 0.2) is 18.2 Å². The van der Waals surface area contributed by atoms with E-state index in [-0.39, 0.29) is 17.5 Å². The molecule has 4 nitrogen and oxygen atoms in total. The van der Waals surface area contributed by atoms with Gasteiger partial charge in [-0.3, -0.25) is 0 Å². The van der Waals surface area contributed by atoms with Gasteiger partial charge in [-0.2, -0.15) is 0 Å². The van der Waals surface area contributed by atoms with Crippen LogP contribution in [0.4, 0.5) is 4.79 Å². The van der Waals surface area contributed by atoms with Crippen molar-refractivity contribution >= 4 is 6.03 Å². The molecule has 1 aromatic carbocycles. The third-order valence-corrected chi connectivity index (χ3v) is 3.21. The second kappa shape index (κ2) is 4.52. The van der Waals surface area contributed by atoms with Gasteiger partial charge in [-0.25, -0.2) is 4.79 Å². The number of methoxy groups -OCH3 is 1. The van der Waals surface area contributed by atoms with E-state index in [1.165, 1.54) is 0 Å². The molecule has 2 rings (SSSR count). The maximum atomic E-state index is 11.2. The molecular formula is C14H20N2O2. The predicted molar refractivity (Wildman–Crippen MR) is 71.0 cm³/mol. The van der Waals surface area contributed by atoms with E-state index >= 15 is 0 Å². The Kier molecular flexibility index (Phi) is 3.20. The quantitative estimate of drug-likeness (QED) is 0.844. The number of urea groups is 1. The molecule has 0 spiro atoms. The number of benzene rings is 1. The van der Waals surface area contributed by atoms with Crippen LogP contribution in [0.1, 0.15) is 37.9 Å². The number of carbonyl (C=O) groups is 1. The molecule has 0 aliphatic carbocycles. The number of carbonyl (C=O) groups excluding carboxylic acids is 1. The lowest BCUT2D eigenvalue weighted by Gasteiger charge is -2.24. The van der Waals surface area contributed by atoms with Crippen LogP contribution < -0.4 is 15.4 Å². The second-order valence-electron chi connectivity index (χ2n) is 5.62. The van der Waals surface area contributed by atoms with Gasteiger partial charge < -0.3 is 15.4 Å². The van der Waals surface area contributed by atoms with Crippen molar-refractivity contribution in [2.24, 2.45) is 0 Å². The molecule has 0 saturated carbocycles. The largest absolute Gasteiger partial charge is 0.496 e. The van der Waals surface area contributed by atoms with Crippen molar-refractivity contribution in [3.8, 4) is 5.75 Å². The van der Waals surface area contributed by atoms with Gasteiger partial charge >= 0.3 is 6.03 Å². The van der Waals surface area contributed by atoms with Crippen LogP contribution in [-0.4, -0.2) is 19.7 Å². The Bertz CT molecular complexity index is 463. The number of hydrogen-bond donors (Lipinski definition) is 2. The summed E-state index contributed by atoms with van der Waals surface area (Å²) in [6.45, 7) is 7.09. The number of rotatable bonds is 2. The van der Waals surface area contributed by atoms with Gasteiger partial charge in [-0.1, -0.05) is 26.8 Å². The highest BCUT2D eigenvalue weighted by molar-refractivity contribution is 5.76. The molecular weight excluding hydrogens is 228 g/mol. The second-order valence-corrected chi connectivity index (χ2v) is 5.62. The molecule has 1 unspecified atom stereocenters. The van der Waals surface area contributed by atoms with Gasteiger partial charge in [0.1, 0.15) is 5.75 Å². The summed E-state index contributed by atoms with van der Waals surface area (Å²) in [7, 11) is 1.68. The van der Waals surface area contributed by atoms with Crippen molar-refractivity contribution in [2.45, 2.75) is 32.2 Å². The molecule has 0 radical (unpaired) electrons. The van der Waals surface area contributed by atoms with E-state index in [1.807, 2.05) is 12.1 Å². The summed E-state index contributed by atoms with van der Waals surface area (Å²) in [6.07, 6.45) is 0. The molecule has 1 saturated heterocycles. The Morgan fingerprint density at radius 3 is 2.56 bits per heavy atom. The lowest BCUT2D eigenvalue weighted by atomic mass is 9.84. The molecule has 1 fully saturated rings. The summed E-state index contributed by atoms with van der Waals surface area (Å²) in [5, 5.41) is 5.67. The minimum Gasteiger partial charge on any atom is -0.496 e. The first-order valence-electron chi connectivity index (χ1n) is 6.14. The zero-order chi connectivity index (χ0) is 13.3. The molecule has 1 atom stereocenters. The van der Waals surface area contributed by atoms with E-state index < -0.39 is 0 Å². The fourth-order valence-corrected chi connectivity index (χ4v) is 2.18. The molecule has 1 aromatic rings. The number of nitrogens with one attached hydrogen (secondary N) is 2. The first-order chi connectivity index (χ1) is 8.41. The normalized spacial score (nSPS) is 19.3. The summed E-state index contributed by atoms with van der Waals surface area (Å²) in [5.74, 6) is 0.892. The summed E-state index contributed by atoms with van der Waals surface area (Å²) < 4.78 is 5.41. The van der Waals surface area contributed by atoms with Crippen molar-refractivity contribution in [1.29, 1.82) is 0 Å². The fourth-order valence-electron chi connectivity index (χ4n) is 2.18. The zero-order valence-corrected chi connectivity index (χ0v) is 11.3. The van der Waals surface area contributed by atoms with Gasteiger partial charge in [0.2, 0.25) is 0 Å². The maximum Gasteiger partial charge on any atom is 0.315 e. The Hall–Kier alpha value is -1.71. The highest BCUT2D eigenvalue weighted by Gasteiger charge is 2.25. The molecule has 98 valence electrons. The number of hydrogen-bond acceptors (Lipinski definition) is 2. The lowest BCUT2D eigenvalue weighted by molar-refractivity contribution is 0.247. The van der Waals surface area contributed by atoms with Crippen molar-refractivity contribution in [3.63, 3.8) is 0 Å². The highest BCUT2D eigenvalue weighted by Crippen LogP contribution is 2.33. The Labute approximate surface area is 108 Å². The molecule has 2 amide bonds. The van der Waals surface area contributed by atoms with Crippen LogP contribution in [0.3, 0.4) is 0 Å². The van der Waals surface area contributed by atoms with E-state index in [0.717, 1.165) is 16.9 Å². The topological polar surface area (TPSA) is 50.4 Å². The lowest BCUT2D eigenvalue weighted by Crippen LogP contribution is -2.22. The van der Waals surface area contributed by atoms with Crippen LogP contribution in [0.5, 0.6) is 5.75 Å². The standard InChI is InChI=1S/C14H20N2O2/c1-14(2,3)10-7-9(5-6-12(10)18-4)11-8-15-13(17)16-11/h5-7,11H,8H2,1-4H3,(H2,15,16,17). The van der Waals surface area contributed by atoms with Gasteiger partial charge in [0.15, 0.2) is 0 Å². The summed E-state index contributed by atoms with van der Waals surface area (Å²) in [5.41, 5.74) is 2.28. The monoisotopic (exact) mass is 248 g/mol. The van der Waals surface area contributed by atoms with Gasteiger partial charge in [-0.05, 0) is 28.7 Å². The average molecular weight is 248 g/mol. The first kappa shape index (κ1) is 12.7. The van der Waals surface area contributed by atoms with Gasteiger partial charge in [0, 0.05) is 6.54 Å². The minimum atomic E-state index is -0.104. The van der Waals surface area contributed by atoms with Gasteiger partial charge in [0.25, 0.3) is 0 Å². The molecule has 18 heavy (non-hydrogen) atoms.